The molecule has 2 aliphatic rings. The van der Waals surface area contributed by atoms with Crippen LogP contribution in [-0.2, 0) is 20.5 Å². The smallest absolute Gasteiger partial charge is 0.228 e. The molecule has 2 amide bonds. The van der Waals surface area contributed by atoms with Crippen LogP contribution in [0.25, 0.3) is 0 Å². The molecule has 1 saturated heterocycles. The molecule has 27 heavy (non-hydrogen) atoms. The van der Waals surface area contributed by atoms with Crippen LogP contribution in [0.1, 0.15) is 72.9 Å². The number of anilines is 1. The van der Waals surface area contributed by atoms with Crippen molar-refractivity contribution in [1.82, 2.24) is 14.7 Å². The Hall–Kier alpha value is -1.85. The molecule has 3 rings (SSSR count). The molecule has 0 radical (unpaired) electrons. The fraction of sp³-hybridized carbons (Fsp3) is 0.762. The second-order valence-corrected chi connectivity index (χ2v) is 10.1. The first-order chi connectivity index (χ1) is 12.5. The maximum absolute atomic E-state index is 12.9. The van der Waals surface area contributed by atoms with Crippen LogP contribution in [0.2, 0.25) is 0 Å². The zero-order valence-corrected chi connectivity index (χ0v) is 17.6. The molecule has 1 aromatic rings. The quantitative estimate of drug-likeness (QED) is 0.880. The molecule has 6 heteroatoms. The van der Waals surface area contributed by atoms with E-state index >= 15 is 0 Å². The van der Waals surface area contributed by atoms with E-state index in [1.165, 1.54) is 0 Å². The topological polar surface area (TPSA) is 67.2 Å². The molecule has 0 aromatic carbocycles. The van der Waals surface area contributed by atoms with Crippen molar-refractivity contribution in [2.75, 3.05) is 18.4 Å². The summed E-state index contributed by atoms with van der Waals surface area (Å²) < 4.78 is 1.91. The molecule has 1 aromatic heterocycles. The molecule has 0 bridgehead atoms. The molecule has 1 aliphatic heterocycles. The van der Waals surface area contributed by atoms with Crippen molar-refractivity contribution in [3.05, 3.63) is 11.8 Å². The highest BCUT2D eigenvalue weighted by atomic mass is 16.2. The summed E-state index contributed by atoms with van der Waals surface area (Å²) in [6, 6.07) is 1.99. The van der Waals surface area contributed by atoms with Gasteiger partial charge in [0.05, 0.1) is 11.2 Å². The number of aromatic nitrogens is 2. The minimum Gasteiger partial charge on any atom is -0.342 e. The zero-order valence-electron chi connectivity index (χ0n) is 17.6. The molecule has 1 aliphatic carbocycles. The van der Waals surface area contributed by atoms with Crippen LogP contribution >= 0.6 is 0 Å². The van der Waals surface area contributed by atoms with Gasteiger partial charge < -0.3 is 10.2 Å². The van der Waals surface area contributed by atoms with E-state index in [9.17, 15) is 9.59 Å². The van der Waals surface area contributed by atoms with E-state index < -0.39 is 0 Å². The van der Waals surface area contributed by atoms with E-state index in [-0.39, 0.29) is 34.6 Å². The lowest BCUT2D eigenvalue weighted by atomic mass is 9.92. The lowest BCUT2D eigenvalue weighted by Gasteiger charge is -2.31. The molecule has 0 atom stereocenters. The Kier molecular flexibility index (Phi) is 5.12. The maximum atomic E-state index is 12.9. The summed E-state index contributed by atoms with van der Waals surface area (Å²) in [5, 5.41) is 7.88. The van der Waals surface area contributed by atoms with Crippen LogP contribution in [-0.4, -0.2) is 39.6 Å². The molecule has 1 N–H and O–H groups in total. The number of nitrogens with one attached hydrogen (secondary N) is 1. The second-order valence-electron chi connectivity index (χ2n) is 10.1. The zero-order chi connectivity index (χ0) is 20.0. The SMILES string of the molecule is CC(C)(C)c1cc(NC(=O)C2CCN(C(=O)C3CC3)CC2)n(C(C)(C)C)n1. The Bertz CT molecular complexity index is 712. The number of piperidine rings is 1. The summed E-state index contributed by atoms with van der Waals surface area (Å²) in [6.07, 6.45) is 3.54. The van der Waals surface area contributed by atoms with E-state index in [1.807, 2.05) is 15.6 Å². The standard InChI is InChI=1S/C21H34N4O2/c1-20(2,3)16-13-17(25(23-16)21(4,5)6)22-18(26)14-9-11-24(12-10-14)19(27)15-7-8-15/h13-15H,7-12H2,1-6H3,(H,22,26). The normalized spacial score (nSPS) is 19.3. The lowest BCUT2D eigenvalue weighted by Crippen LogP contribution is -2.42. The first kappa shape index (κ1) is 19.9. The Morgan fingerprint density at radius 2 is 1.59 bits per heavy atom. The number of hydrogen-bond acceptors (Lipinski definition) is 3. The molecule has 2 heterocycles. The van der Waals surface area contributed by atoms with E-state index in [0.29, 0.717) is 13.1 Å². The fourth-order valence-electron chi connectivity index (χ4n) is 3.53. The van der Waals surface area contributed by atoms with Gasteiger partial charge in [-0.05, 0) is 46.5 Å². The van der Waals surface area contributed by atoms with Crippen molar-refractivity contribution < 1.29 is 9.59 Å². The highest BCUT2D eigenvalue weighted by Gasteiger charge is 2.36. The van der Waals surface area contributed by atoms with Gasteiger partial charge in [0.2, 0.25) is 11.8 Å². The summed E-state index contributed by atoms with van der Waals surface area (Å²) in [5.41, 5.74) is 0.675. The van der Waals surface area contributed by atoms with Crippen LogP contribution in [0.15, 0.2) is 6.07 Å². The number of rotatable bonds is 3. The van der Waals surface area contributed by atoms with E-state index in [2.05, 4.69) is 46.9 Å². The molecule has 2 fully saturated rings. The van der Waals surface area contributed by atoms with E-state index in [4.69, 9.17) is 5.10 Å². The monoisotopic (exact) mass is 374 g/mol. The van der Waals surface area contributed by atoms with Crippen molar-refractivity contribution in [2.45, 2.75) is 78.2 Å². The summed E-state index contributed by atoms with van der Waals surface area (Å²) in [4.78, 5) is 27.0. The Labute approximate surface area is 162 Å². The highest BCUT2D eigenvalue weighted by molar-refractivity contribution is 5.92. The van der Waals surface area contributed by atoms with Crippen LogP contribution in [0, 0.1) is 11.8 Å². The van der Waals surface area contributed by atoms with Crippen molar-refractivity contribution >= 4 is 17.6 Å². The number of likely N-dealkylation sites (tertiary alicyclic amines) is 1. The summed E-state index contributed by atoms with van der Waals surface area (Å²) in [7, 11) is 0. The van der Waals surface area contributed by atoms with Gasteiger partial charge >= 0.3 is 0 Å². The van der Waals surface area contributed by atoms with Crippen LogP contribution in [0.3, 0.4) is 0 Å². The third kappa shape index (κ3) is 4.53. The maximum Gasteiger partial charge on any atom is 0.228 e. The van der Waals surface area contributed by atoms with Gasteiger partial charge in [-0.3, -0.25) is 9.59 Å². The Morgan fingerprint density at radius 1 is 1.00 bits per heavy atom. The Morgan fingerprint density at radius 3 is 2.07 bits per heavy atom. The van der Waals surface area contributed by atoms with Crippen molar-refractivity contribution in [3.8, 4) is 0 Å². The molecular formula is C21H34N4O2. The number of carbonyl (C=O) groups is 2. The average molecular weight is 375 g/mol. The minimum atomic E-state index is -0.216. The van der Waals surface area contributed by atoms with Gasteiger partial charge in [-0.1, -0.05) is 20.8 Å². The first-order valence-corrected chi connectivity index (χ1v) is 10.2. The van der Waals surface area contributed by atoms with Gasteiger partial charge in [0, 0.05) is 36.4 Å². The lowest BCUT2D eigenvalue weighted by molar-refractivity contribution is -0.135. The number of amides is 2. The van der Waals surface area contributed by atoms with Gasteiger partial charge in [0.15, 0.2) is 0 Å². The van der Waals surface area contributed by atoms with Crippen LogP contribution < -0.4 is 5.32 Å². The van der Waals surface area contributed by atoms with E-state index in [1.54, 1.807) is 0 Å². The third-order valence-electron chi connectivity index (χ3n) is 5.47. The Balaban J connectivity index is 1.67. The second kappa shape index (κ2) is 6.95. The van der Waals surface area contributed by atoms with Crippen LogP contribution in [0.4, 0.5) is 5.82 Å². The predicted molar refractivity (Wildman–Crippen MR) is 107 cm³/mol. The van der Waals surface area contributed by atoms with Crippen LogP contribution in [0.5, 0.6) is 0 Å². The summed E-state index contributed by atoms with van der Waals surface area (Å²) in [5.74, 6) is 1.30. The predicted octanol–water partition coefficient (Wildman–Crippen LogP) is 3.52. The average Bonchev–Trinajstić information content (AvgIpc) is 3.32. The summed E-state index contributed by atoms with van der Waals surface area (Å²) in [6.45, 7) is 14.0. The van der Waals surface area contributed by atoms with E-state index in [0.717, 1.165) is 37.2 Å². The largest absolute Gasteiger partial charge is 0.342 e. The van der Waals surface area contributed by atoms with Crippen molar-refractivity contribution in [2.24, 2.45) is 11.8 Å². The number of hydrogen-bond donors (Lipinski definition) is 1. The number of carbonyl (C=O) groups excluding carboxylic acids is 2. The first-order valence-electron chi connectivity index (χ1n) is 10.2. The van der Waals surface area contributed by atoms with Crippen molar-refractivity contribution in [3.63, 3.8) is 0 Å². The van der Waals surface area contributed by atoms with Gasteiger partial charge in [-0.15, -0.1) is 0 Å². The molecule has 0 unspecified atom stereocenters. The molecule has 6 nitrogen and oxygen atoms in total. The summed E-state index contributed by atoms with van der Waals surface area (Å²) >= 11 is 0. The molecule has 1 saturated carbocycles. The van der Waals surface area contributed by atoms with Gasteiger partial charge in [-0.25, -0.2) is 4.68 Å². The van der Waals surface area contributed by atoms with Gasteiger partial charge in [0.1, 0.15) is 5.82 Å². The number of nitrogens with zero attached hydrogens (tertiary/aromatic N) is 3. The van der Waals surface area contributed by atoms with Gasteiger partial charge in [-0.2, -0.15) is 5.10 Å². The third-order valence-corrected chi connectivity index (χ3v) is 5.47. The highest BCUT2D eigenvalue weighted by Crippen LogP contribution is 2.33. The molecule has 0 spiro atoms. The molecular weight excluding hydrogens is 340 g/mol. The van der Waals surface area contributed by atoms with Crippen molar-refractivity contribution in [1.29, 1.82) is 0 Å². The van der Waals surface area contributed by atoms with Gasteiger partial charge in [0.25, 0.3) is 0 Å². The minimum absolute atomic E-state index is 0.0411. The fourth-order valence-corrected chi connectivity index (χ4v) is 3.53. The molecule has 150 valence electrons.